The fraction of sp³-hybridized carbons (Fsp3) is 0.182. The zero-order valence-corrected chi connectivity index (χ0v) is 16.3. The Morgan fingerprint density at radius 3 is 2.00 bits per heavy atom. The molecular weight excluding hydrogens is 358 g/mol. The summed E-state index contributed by atoms with van der Waals surface area (Å²) < 4.78 is 29.9. The third-order valence-corrected chi connectivity index (χ3v) is 5.56. The molecule has 0 aliphatic carbocycles. The van der Waals surface area contributed by atoms with E-state index in [-0.39, 0.29) is 4.90 Å². The van der Waals surface area contributed by atoms with Gasteiger partial charge in [-0.3, -0.25) is 0 Å². The number of hydrogen-bond acceptors (Lipinski definition) is 4. The first-order valence-corrected chi connectivity index (χ1v) is 10.3. The lowest BCUT2D eigenvalue weighted by molar-refractivity contribution is 0.486. The second-order valence-electron chi connectivity index (χ2n) is 6.40. The minimum absolute atomic E-state index is 0.148. The first-order chi connectivity index (χ1) is 13.0. The lowest BCUT2D eigenvalue weighted by Crippen LogP contribution is -2.09. The van der Waals surface area contributed by atoms with E-state index in [0.29, 0.717) is 12.3 Å². The van der Waals surface area contributed by atoms with Crippen molar-refractivity contribution in [1.82, 2.24) is 0 Å². The predicted molar refractivity (Wildman–Crippen MR) is 109 cm³/mol. The smallest absolute Gasteiger partial charge is 0.339 e. The molecule has 0 amide bonds. The van der Waals surface area contributed by atoms with Gasteiger partial charge in [-0.25, -0.2) is 0 Å². The van der Waals surface area contributed by atoms with E-state index in [9.17, 15) is 8.42 Å². The summed E-state index contributed by atoms with van der Waals surface area (Å²) in [6.07, 6.45) is 1.02. The first-order valence-electron chi connectivity index (χ1n) is 8.89. The molecule has 140 valence electrons. The molecule has 0 aliphatic heterocycles. The molecule has 0 unspecified atom stereocenters. The standard InChI is InChI=1S/C22H23NO3S/c1-3-18-6-10-20(11-7-18)23-16-19-8-12-21(13-9-19)26-27(24,25)22-14-4-17(2)5-15-22/h4-15,23H,3,16H2,1-2H3. The fourth-order valence-electron chi connectivity index (χ4n) is 2.61. The number of rotatable bonds is 7. The zero-order valence-electron chi connectivity index (χ0n) is 15.5. The highest BCUT2D eigenvalue weighted by atomic mass is 32.2. The zero-order chi connectivity index (χ0) is 19.3. The van der Waals surface area contributed by atoms with Gasteiger partial charge in [0.2, 0.25) is 0 Å². The Labute approximate surface area is 161 Å². The van der Waals surface area contributed by atoms with Gasteiger partial charge in [0.05, 0.1) is 0 Å². The van der Waals surface area contributed by atoms with Crippen molar-refractivity contribution in [1.29, 1.82) is 0 Å². The number of benzene rings is 3. The minimum atomic E-state index is -3.82. The van der Waals surface area contributed by atoms with E-state index in [1.54, 1.807) is 36.4 Å². The lowest BCUT2D eigenvalue weighted by atomic mass is 10.1. The fourth-order valence-corrected chi connectivity index (χ4v) is 3.54. The van der Waals surface area contributed by atoms with Crippen LogP contribution in [-0.2, 0) is 23.1 Å². The Morgan fingerprint density at radius 1 is 0.815 bits per heavy atom. The summed E-state index contributed by atoms with van der Waals surface area (Å²) in [5.41, 5.74) is 4.39. The van der Waals surface area contributed by atoms with Crippen molar-refractivity contribution in [2.75, 3.05) is 5.32 Å². The average molecular weight is 381 g/mol. The largest absolute Gasteiger partial charge is 0.381 e. The molecule has 5 heteroatoms. The second kappa shape index (κ2) is 8.27. The maximum Gasteiger partial charge on any atom is 0.339 e. The molecule has 3 aromatic carbocycles. The highest BCUT2D eigenvalue weighted by molar-refractivity contribution is 7.87. The van der Waals surface area contributed by atoms with E-state index in [1.165, 1.54) is 5.56 Å². The number of hydrogen-bond donors (Lipinski definition) is 1. The number of anilines is 1. The molecule has 3 rings (SSSR count). The maximum absolute atomic E-state index is 12.3. The van der Waals surface area contributed by atoms with Gasteiger partial charge in [0.1, 0.15) is 10.6 Å². The lowest BCUT2D eigenvalue weighted by Gasteiger charge is -2.10. The van der Waals surface area contributed by atoms with Crippen LogP contribution in [0.2, 0.25) is 0 Å². The van der Waals surface area contributed by atoms with Crippen molar-refractivity contribution in [2.45, 2.75) is 31.7 Å². The summed E-state index contributed by atoms with van der Waals surface area (Å²) in [4.78, 5) is 0.148. The monoisotopic (exact) mass is 381 g/mol. The quantitative estimate of drug-likeness (QED) is 0.589. The van der Waals surface area contributed by atoms with Gasteiger partial charge in [-0.05, 0) is 60.9 Å². The molecule has 0 saturated heterocycles. The van der Waals surface area contributed by atoms with Gasteiger partial charge in [-0.2, -0.15) is 8.42 Å². The molecule has 0 aliphatic rings. The van der Waals surface area contributed by atoms with Crippen LogP contribution in [0.4, 0.5) is 5.69 Å². The van der Waals surface area contributed by atoms with Crippen molar-refractivity contribution in [3.05, 3.63) is 89.5 Å². The van der Waals surface area contributed by atoms with Gasteiger partial charge in [0, 0.05) is 12.2 Å². The van der Waals surface area contributed by atoms with Crippen LogP contribution in [0, 0.1) is 6.92 Å². The Morgan fingerprint density at radius 2 is 1.41 bits per heavy atom. The van der Waals surface area contributed by atoms with E-state index in [0.717, 1.165) is 23.2 Å². The van der Waals surface area contributed by atoms with Crippen molar-refractivity contribution >= 4 is 15.8 Å². The van der Waals surface area contributed by atoms with Gasteiger partial charge in [0.25, 0.3) is 0 Å². The van der Waals surface area contributed by atoms with Crippen LogP contribution in [0.3, 0.4) is 0 Å². The maximum atomic E-state index is 12.3. The van der Waals surface area contributed by atoms with E-state index in [2.05, 4.69) is 36.5 Å². The highest BCUT2D eigenvalue weighted by Gasteiger charge is 2.16. The topological polar surface area (TPSA) is 55.4 Å². The number of aryl methyl sites for hydroxylation is 2. The Balaban J connectivity index is 1.61. The van der Waals surface area contributed by atoms with Crippen LogP contribution in [-0.4, -0.2) is 8.42 Å². The van der Waals surface area contributed by atoms with Crippen LogP contribution >= 0.6 is 0 Å². The molecule has 0 saturated carbocycles. The van der Waals surface area contributed by atoms with Gasteiger partial charge in [-0.15, -0.1) is 0 Å². The van der Waals surface area contributed by atoms with Crippen molar-refractivity contribution in [3.8, 4) is 5.75 Å². The van der Waals surface area contributed by atoms with Gasteiger partial charge < -0.3 is 9.50 Å². The van der Waals surface area contributed by atoms with Gasteiger partial charge >= 0.3 is 10.1 Å². The normalized spacial score (nSPS) is 11.2. The van der Waals surface area contributed by atoms with Crippen LogP contribution in [0.15, 0.2) is 77.7 Å². The van der Waals surface area contributed by atoms with E-state index in [4.69, 9.17) is 4.18 Å². The third kappa shape index (κ3) is 5.11. The molecule has 0 spiro atoms. The van der Waals surface area contributed by atoms with Crippen molar-refractivity contribution < 1.29 is 12.6 Å². The van der Waals surface area contributed by atoms with E-state index in [1.807, 2.05) is 19.1 Å². The summed E-state index contributed by atoms with van der Waals surface area (Å²) in [7, 11) is -3.82. The highest BCUT2D eigenvalue weighted by Crippen LogP contribution is 2.20. The van der Waals surface area contributed by atoms with Crippen molar-refractivity contribution in [2.24, 2.45) is 0 Å². The molecular formula is C22H23NO3S. The van der Waals surface area contributed by atoms with Gasteiger partial charge in [0.15, 0.2) is 0 Å². The number of nitrogens with one attached hydrogen (secondary N) is 1. The molecule has 3 aromatic rings. The molecule has 27 heavy (non-hydrogen) atoms. The molecule has 4 nitrogen and oxygen atoms in total. The summed E-state index contributed by atoms with van der Waals surface area (Å²) in [5.74, 6) is 0.298. The Bertz CT molecular complexity index is 977. The van der Waals surface area contributed by atoms with Crippen LogP contribution in [0.1, 0.15) is 23.6 Å². The Kier molecular flexibility index (Phi) is 5.81. The summed E-state index contributed by atoms with van der Waals surface area (Å²) in [5, 5.41) is 3.35. The Hall–Kier alpha value is -2.79. The van der Waals surface area contributed by atoms with Crippen molar-refractivity contribution in [3.63, 3.8) is 0 Å². The van der Waals surface area contributed by atoms with Gasteiger partial charge in [-0.1, -0.05) is 48.9 Å². The molecule has 0 radical (unpaired) electrons. The van der Waals surface area contributed by atoms with Crippen LogP contribution in [0.25, 0.3) is 0 Å². The summed E-state index contributed by atoms with van der Waals surface area (Å²) in [6, 6.07) is 22.0. The van der Waals surface area contributed by atoms with E-state index >= 15 is 0 Å². The molecule has 0 atom stereocenters. The predicted octanol–water partition coefficient (Wildman–Crippen LogP) is 4.94. The molecule has 0 bridgehead atoms. The molecule has 0 aromatic heterocycles. The summed E-state index contributed by atoms with van der Waals surface area (Å²) in [6.45, 7) is 4.68. The molecule has 1 N–H and O–H groups in total. The SMILES string of the molecule is CCc1ccc(NCc2ccc(OS(=O)(=O)c3ccc(C)cc3)cc2)cc1. The average Bonchev–Trinajstić information content (AvgIpc) is 2.68. The third-order valence-electron chi connectivity index (χ3n) is 4.30. The second-order valence-corrected chi connectivity index (χ2v) is 7.94. The van der Waals surface area contributed by atoms with E-state index < -0.39 is 10.1 Å². The summed E-state index contributed by atoms with van der Waals surface area (Å²) >= 11 is 0. The molecule has 0 fully saturated rings. The van der Waals surface area contributed by atoms with Crippen LogP contribution in [0.5, 0.6) is 5.75 Å². The minimum Gasteiger partial charge on any atom is -0.381 e. The molecule has 0 heterocycles. The van der Waals surface area contributed by atoms with Crippen LogP contribution < -0.4 is 9.50 Å². The first kappa shape index (κ1) is 19.0.